The van der Waals surface area contributed by atoms with Gasteiger partial charge in [0.2, 0.25) is 0 Å². The second kappa shape index (κ2) is 7.52. The van der Waals surface area contributed by atoms with Crippen LogP contribution in [0.15, 0.2) is 49.6 Å². The van der Waals surface area contributed by atoms with Crippen LogP contribution in [0.2, 0.25) is 0 Å². The number of rotatable bonds is 8. The number of nitrogens with zero attached hydrogens (tertiary/aromatic N) is 2. The maximum Gasteiger partial charge on any atom is 0.269 e. The van der Waals surface area contributed by atoms with Crippen molar-refractivity contribution in [2.75, 3.05) is 13.1 Å². The van der Waals surface area contributed by atoms with Gasteiger partial charge in [-0.3, -0.25) is 15.0 Å². The molecule has 0 heterocycles. The van der Waals surface area contributed by atoms with E-state index in [-0.39, 0.29) is 11.7 Å². The molecule has 5 nitrogen and oxygen atoms in total. The van der Waals surface area contributed by atoms with Crippen LogP contribution in [0.4, 0.5) is 5.69 Å². The summed E-state index contributed by atoms with van der Waals surface area (Å²) in [5, 5.41) is 10.7. The molecule has 0 aromatic heterocycles. The lowest BCUT2D eigenvalue weighted by Crippen LogP contribution is -2.37. The summed E-state index contributed by atoms with van der Waals surface area (Å²) >= 11 is 5.12. The average Bonchev–Trinajstić information content (AvgIpc) is 2.39. The quantitative estimate of drug-likeness (QED) is 0.345. The van der Waals surface area contributed by atoms with E-state index in [4.69, 9.17) is 18.0 Å². The predicted molar refractivity (Wildman–Crippen MR) is 84.6 cm³/mol. The normalized spacial score (nSPS) is 11.8. The van der Waals surface area contributed by atoms with E-state index in [1.54, 1.807) is 24.3 Å². The summed E-state index contributed by atoms with van der Waals surface area (Å²) in [6.07, 6.45) is 3.50. The topological polar surface area (TPSA) is 72.4 Å². The number of thiocarbonyl (C=S) groups is 1. The van der Waals surface area contributed by atoms with Crippen LogP contribution in [0.25, 0.3) is 0 Å². The lowest BCUT2D eigenvalue weighted by molar-refractivity contribution is -0.384. The monoisotopic (exact) mass is 291 g/mol. The molecule has 0 aliphatic rings. The van der Waals surface area contributed by atoms with Crippen molar-refractivity contribution in [1.29, 1.82) is 0 Å². The zero-order valence-corrected chi connectivity index (χ0v) is 11.9. The van der Waals surface area contributed by atoms with Gasteiger partial charge in [0.15, 0.2) is 0 Å². The van der Waals surface area contributed by atoms with Crippen LogP contribution in [0.3, 0.4) is 0 Å². The molecule has 1 rings (SSSR count). The standard InChI is InChI=1S/C14H17N3O2S/c1-3-9-16(10-4-2)13(14(15)20)11-5-7-12(8-6-11)17(18)19/h3-8,13H,1-2,9-10H2,(H2,15,20). The molecular formula is C14H17N3O2S. The number of hydrogen-bond donors (Lipinski definition) is 1. The van der Waals surface area contributed by atoms with E-state index >= 15 is 0 Å². The van der Waals surface area contributed by atoms with Crippen LogP contribution in [0, 0.1) is 10.1 Å². The van der Waals surface area contributed by atoms with Gasteiger partial charge in [0.1, 0.15) is 0 Å². The van der Waals surface area contributed by atoms with Crippen molar-refractivity contribution < 1.29 is 4.92 Å². The first-order valence-corrected chi connectivity index (χ1v) is 6.41. The van der Waals surface area contributed by atoms with Gasteiger partial charge in [0.25, 0.3) is 5.69 Å². The van der Waals surface area contributed by atoms with E-state index in [2.05, 4.69) is 13.2 Å². The number of benzene rings is 1. The molecule has 0 aliphatic heterocycles. The third-order valence-electron chi connectivity index (χ3n) is 2.78. The van der Waals surface area contributed by atoms with Gasteiger partial charge < -0.3 is 5.73 Å². The highest BCUT2D eigenvalue weighted by Gasteiger charge is 2.22. The van der Waals surface area contributed by atoms with Crippen molar-refractivity contribution in [2.45, 2.75) is 6.04 Å². The summed E-state index contributed by atoms with van der Waals surface area (Å²) in [5.74, 6) is 0. The van der Waals surface area contributed by atoms with E-state index < -0.39 is 4.92 Å². The van der Waals surface area contributed by atoms with E-state index in [9.17, 15) is 10.1 Å². The van der Waals surface area contributed by atoms with E-state index in [1.807, 2.05) is 4.90 Å². The minimum atomic E-state index is -0.440. The number of hydrogen-bond acceptors (Lipinski definition) is 4. The Hall–Kier alpha value is -2.05. The summed E-state index contributed by atoms with van der Waals surface area (Å²) < 4.78 is 0. The van der Waals surface area contributed by atoms with Crippen LogP contribution < -0.4 is 5.73 Å². The Balaban J connectivity index is 3.11. The first kappa shape index (κ1) is 16.0. The Morgan fingerprint density at radius 2 is 1.85 bits per heavy atom. The molecule has 1 unspecified atom stereocenters. The summed E-state index contributed by atoms with van der Waals surface area (Å²) in [4.78, 5) is 12.5. The average molecular weight is 291 g/mol. The van der Waals surface area contributed by atoms with Crippen LogP contribution in [0.1, 0.15) is 11.6 Å². The van der Waals surface area contributed by atoms with Crippen molar-refractivity contribution >= 4 is 22.9 Å². The molecule has 20 heavy (non-hydrogen) atoms. The lowest BCUT2D eigenvalue weighted by atomic mass is 10.0. The second-order valence-electron chi connectivity index (χ2n) is 4.18. The Kier molecular flexibility index (Phi) is 6.02. The Morgan fingerprint density at radius 3 is 2.20 bits per heavy atom. The minimum absolute atomic E-state index is 0.0365. The smallest absolute Gasteiger partial charge is 0.269 e. The molecule has 106 valence electrons. The number of non-ortho nitro benzene ring substituents is 1. The molecule has 0 aliphatic carbocycles. The SMILES string of the molecule is C=CCN(CC=C)C(C(N)=S)c1ccc([N+](=O)[O-])cc1. The highest BCUT2D eigenvalue weighted by molar-refractivity contribution is 7.80. The van der Waals surface area contributed by atoms with Crippen LogP contribution in [0.5, 0.6) is 0 Å². The third kappa shape index (κ3) is 3.97. The van der Waals surface area contributed by atoms with Crippen molar-refractivity contribution in [3.05, 3.63) is 65.3 Å². The van der Waals surface area contributed by atoms with E-state index in [0.29, 0.717) is 18.1 Å². The van der Waals surface area contributed by atoms with Crippen molar-refractivity contribution in [2.24, 2.45) is 5.73 Å². The number of nitrogens with two attached hydrogens (primary N) is 1. The van der Waals surface area contributed by atoms with Crippen LogP contribution >= 0.6 is 12.2 Å². The largest absolute Gasteiger partial charge is 0.392 e. The molecule has 6 heteroatoms. The summed E-state index contributed by atoms with van der Waals surface area (Å²) in [6, 6.07) is 5.92. The maximum absolute atomic E-state index is 10.7. The second-order valence-corrected chi connectivity index (χ2v) is 4.66. The van der Waals surface area contributed by atoms with Crippen LogP contribution in [-0.2, 0) is 0 Å². The number of nitro groups is 1. The van der Waals surface area contributed by atoms with Gasteiger partial charge in [0, 0.05) is 25.2 Å². The van der Waals surface area contributed by atoms with Crippen molar-refractivity contribution in [3.63, 3.8) is 0 Å². The Bertz CT molecular complexity index is 504. The molecule has 0 fully saturated rings. The fourth-order valence-electron chi connectivity index (χ4n) is 1.95. The summed E-state index contributed by atoms with van der Waals surface area (Å²) in [7, 11) is 0. The summed E-state index contributed by atoms with van der Waals surface area (Å²) in [6.45, 7) is 8.59. The molecule has 1 aromatic carbocycles. The van der Waals surface area contributed by atoms with Gasteiger partial charge in [-0.2, -0.15) is 0 Å². The van der Waals surface area contributed by atoms with Crippen molar-refractivity contribution in [1.82, 2.24) is 4.90 Å². The molecule has 1 aromatic rings. The fraction of sp³-hybridized carbons (Fsp3) is 0.214. The van der Waals surface area contributed by atoms with E-state index in [0.717, 1.165) is 5.56 Å². The first-order chi connectivity index (χ1) is 9.51. The Morgan fingerprint density at radius 1 is 1.35 bits per heavy atom. The molecule has 0 bridgehead atoms. The zero-order valence-electron chi connectivity index (χ0n) is 11.1. The van der Waals surface area contributed by atoms with Gasteiger partial charge in [-0.1, -0.05) is 36.5 Å². The van der Waals surface area contributed by atoms with E-state index in [1.165, 1.54) is 12.1 Å². The number of nitro benzene ring substituents is 1. The molecule has 0 amide bonds. The molecule has 0 radical (unpaired) electrons. The molecule has 0 saturated heterocycles. The summed E-state index contributed by atoms with van der Waals surface area (Å²) in [5.41, 5.74) is 6.66. The molecule has 0 spiro atoms. The Labute approximate surface area is 123 Å². The van der Waals surface area contributed by atoms with Gasteiger partial charge in [0.05, 0.1) is 16.0 Å². The maximum atomic E-state index is 10.7. The zero-order chi connectivity index (χ0) is 15.1. The highest BCUT2D eigenvalue weighted by atomic mass is 32.1. The van der Waals surface area contributed by atoms with Crippen LogP contribution in [-0.4, -0.2) is 27.9 Å². The first-order valence-electron chi connectivity index (χ1n) is 6.00. The molecule has 0 saturated carbocycles. The molecular weight excluding hydrogens is 274 g/mol. The molecule has 1 atom stereocenters. The minimum Gasteiger partial charge on any atom is -0.392 e. The third-order valence-corrected chi connectivity index (χ3v) is 3.00. The fourth-order valence-corrected chi connectivity index (χ4v) is 2.24. The van der Waals surface area contributed by atoms with Gasteiger partial charge >= 0.3 is 0 Å². The predicted octanol–water partition coefficient (Wildman–Crippen LogP) is 2.60. The highest BCUT2D eigenvalue weighted by Crippen LogP contribution is 2.23. The molecule has 2 N–H and O–H groups in total. The lowest BCUT2D eigenvalue weighted by Gasteiger charge is -2.29. The van der Waals surface area contributed by atoms with Gasteiger partial charge in [-0.05, 0) is 5.56 Å². The van der Waals surface area contributed by atoms with Crippen molar-refractivity contribution in [3.8, 4) is 0 Å². The van der Waals surface area contributed by atoms with Gasteiger partial charge in [-0.25, -0.2) is 0 Å². The van der Waals surface area contributed by atoms with Gasteiger partial charge in [-0.15, -0.1) is 13.2 Å².